The number of rotatable bonds is 7. The molecule has 0 radical (unpaired) electrons. The van der Waals surface area contributed by atoms with Gasteiger partial charge >= 0.3 is 0 Å². The van der Waals surface area contributed by atoms with Crippen LogP contribution in [0.25, 0.3) is 0 Å². The van der Waals surface area contributed by atoms with Gasteiger partial charge in [0.2, 0.25) is 5.91 Å². The Kier molecular flexibility index (Phi) is 8.12. The van der Waals surface area contributed by atoms with Crippen LogP contribution in [0.4, 0.5) is 0 Å². The van der Waals surface area contributed by atoms with Crippen molar-refractivity contribution in [3.05, 3.63) is 28.8 Å². The second kappa shape index (κ2) is 9.94. The first-order chi connectivity index (χ1) is 13.5. The van der Waals surface area contributed by atoms with E-state index in [1.807, 2.05) is 0 Å². The molecule has 1 heterocycles. The van der Waals surface area contributed by atoms with E-state index in [1.165, 1.54) is 0 Å². The number of ether oxygens (including phenoxy) is 1. The third-order valence-corrected chi connectivity index (χ3v) is 5.50. The summed E-state index contributed by atoms with van der Waals surface area (Å²) in [6, 6.07) is 4.13. The van der Waals surface area contributed by atoms with Crippen LogP contribution in [0.15, 0.2) is 12.1 Å². The number of carbonyl (C=O) groups is 1. The maximum Gasteiger partial charge on any atom is 0.220 e. The second-order valence-corrected chi connectivity index (χ2v) is 10.2. The van der Waals surface area contributed by atoms with Gasteiger partial charge in [0, 0.05) is 26.1 Å². The number of hydrogen-bond donors (Lipinski definition) is 2. The predicted octanol–water partition coefficient (Wildman–Crippen LogP) is 3.76. The normalized spacial score (nSPS) is 16.1. The van der Waals surface area contributed by atoms with Gasteiger partial charge in [0.05, 0.1) is 13.2 Å². The van der Waals surface area contributed by atoms with Crippen molar-refractivity contribution in [2.24, 2.45) is 0 Å². The zero-order valence-corrected chi connectivity index (χ0v) is 19.2. The third-order valence-electron chi connectivity index (χ3n) is 5.50. The molecular formula is C24H40N2O3. The molecule has 5 nitrogen and oxygen atoms in total. The summed E-state index contributed by atoms with van der Waals surface area (Å²) in [7, 11) is 0. The third kappa shape index (κ3) is 7.31. The summed E-state index contributed by atoms with van der Waals surface area (Å²) in [6.45, 7) is 18.0. The lowest BCUT2D eigenvalue weighted by Gasteiger charge is -2.28. The number of aryl methyl sites for hydroxylation is 1. The Bertz CT molecular complexity index is 645. The van der Waals surface area contributed by atoms with Gasteiger partial charge < -0.3 is 15.2 Å². The van der Waals surface area contributed by atoms with E-state index < -0.39 is 0 Å². The van der Waals surface area contributed by atoms with Crippen LogP contribution in [0, 0.1) is 0 Å². The number of nitrogens with one attached hydrogen (secondary N) is 1. The minimum Gasteiger partial charge on any atom is -0.507 e. The molecule has 0 spiro atoms. The number of amides is 1. The lowest BCUT2D eigenvalue weighted by Crippen LogP contribution is -2.38. The number of phenolic OH excluding ortho intramolecular Hbond substituents is 1. The van der Waals surface area contributed by atoms with E-state index in [1.54, 1.807) is 0 Å². The fraction of sp³-hybridized carbons (Fsp3) is 0.708. The molecule has 1 aliphatic rings. The van der Waals surface area contributed by atoms with E-state index in [-0.39, 0.29) is 16.7 Å². The van der Waals surface area contributed by atoms with Gasteiger partial charge in [-0.3, -0.25) is 9.69 Å². The molecule has 5 heteroatoms. The van der Waals surface area contributed by atoms with Crippen molar-refractivity contribution in [1.29, 1.82) is 0 Å². The van der Waals surface area contributed by atoms with E-state index in [9.17, 15) is 9.90 Å². The van der Waals surface area contributed by atoms with Crippen LogP contribution in [0.3, 0.4) is 0 Å². The first-order valence-corrected chi connectivity index (χ1v) is 10.9. The first-order valence-electron chi connectivity index (χ1n) is 10.9. The highest BCUT2D eigenvalue weighted by Gasteiger charge is 2.26. The van der Waals surface area contributed by atoms with Gasteiger partial charge in [-0.2, -0.15) is 0 Å². The molecule has 1 aromatic rings. The predicted molar refractivity (Wildman–Crippen MR) is 119 cm³/mol. The highest BCUT2D eigenvalue weighted by atomic mass is 16.5. The summed E-state index contributed by atoms with van der Waals surface area (Å²) < 4.78 is 5.36. The Morgan fingerprint density at radius 3 is 2.14 bits per heavy atom. The minimum atomic E-state index is -0.151. The van der Waals surface area contributed by atoms with Gasteiger partial charge in [-0.05, 0) is 46.9 Å². The summed E-state index contributed by atoms with van der Waals surface area (Å²) in [6.07, 6.45) is 2.12. The van der Waals surface area contributed by atoms with Crippen molar-refractivity contribution in [1.82, 2.24) is 10.2 Å². The van der Waals surface area contributed by atoms with Crippen molar-refractivity contribution in [3.63, 3.8) is 0 Å². The van der Waals surface area contributed by atoms with Crippen molar-refractivity contribution >= 4 is 5.91 Å². The summed E-state index contributed by atoms with van der Waals surface area (Å²) in [5.41, 5.74) is 2.71. The molecule has 1 aliphatic heterocycles. The fourth-order valence-corrected chi connectivity index (χ4v) is 3.68. The SMILES string of the molecule is CC(C)(C)c1cc(CCC(=O)NCCCN2CCOCC2)cc(C(C)(C)C)c1O. The van der Waals surface area contributed by atoms with Crippen LogP contribution in [0.1, 0.15) is 71.1 Å². The molecule has 1 saturated heterocycles. The fourth-order valence-electron chi connectivity index (χ4n) is 3.68. The molecule has 29 heavy (non-hydrogen) atoms. The van der Waals surface area contributed by atoms with Gasteiger partial charge in [-0.15, -0.1) is 0 Å². The summed E-state index contributed by atoms with van der Waals surface area (Å²) in [5.74, 6) is 0.482. The first kappa shape index (κ1) is 23.7. The lowest BCUT2D eigenvalue weighted by atomic mass is 9.78. The number of morpholine rings is 1. The zero-order valence-electron chi connectivity index (χ0n) is 19.2. The van der Waals surface area contributed by atoms with E-state index in [0.717, 1.165) is 56.0 Å². The topological polar surface area (TPSA) is 61.8 Å². The maximum absolute atomic E-state index is 12.3. The number of carbonyl (C=O) groups excluding carboxylic acids is 1. The van der Waals surface area contributed by atoms with Crippen LogP contribution in [-0.2, 0) is 26.8 Å². The Balaban J connectivity index is 1.91. The van der Waals surface area contributed by atoms with Crippen LogP contribution >= 0.6 is 0 Å². The average Bonchev–Trinajstić information content (AvgIpc) is 2.63. The van der Waals surface area contributed by atoms with Gasteiger partial charge in [0.15, 0.2) is 0 Å². The van der Waals surface area contributed by atoms with Gasteiger partial charge in [0.25, 0.3) is 0 Å². The largest absolute Gasteiger partial charge is 0.507 e. The van der Waals surface area contributed by atoms with Crippen LogP contribution in [-0.4, -0.2) is 55.3 Å². The van der Waals surface area contributed by atoms with Gasteiger partial charge in [0.1, 0.15) is 5.75 Å². The summed E-state index contributed by atoms with van der Waals surface area (Å²) in [5, 5.41) is 13.9. The number of hydrogen-bond acceptors (Lipinski definition) is 4. The molecule has 2 rings (SSSR count). The molecule has 0 atom stereocenters. The van der Waals surface area contributed by atoms with Gasteiger partial charge in [-0.25, -0.2) is 0 Å². The Hall–Kier alpha value is -1.59. The average molecular weight is 405 g/mol. The Morgan fingerprint density at radius 2 is 1.62 bits per heavy atom. The standard InChI is InChI=1S/C24H40N2O3/c1-23(2,3)19-16-18(17-20(22(19)28)24(4,5)6)8-9-21(27)25-10-7-11-26-12-14-29-15-13-26/h16-17,28H,7-15H2,1-6H3,(H,25,27). The molecule has 1 amide bonds. The van der Waals surface area contributed by atoms with E-state index in [2.05, 4.69) is 63.9 Å². The summed E-state index contributed by atoms with van der Waals surface area (Å²) >= 11 is 0. The van der Waals surface area contributed by atoms with E-state index in [4.69, 9.17) is 4.74 Å². The highest BCUT2D eigenvalue weighted by molar-refractivity contribution is 5.76. The Labute approximate surface area is 176 Å². The monoisotopic (exact) mass is 404 g/mol. The van der Waals surface area contributed by atoms with Crippen LogP contribution in [0.5, 0.6) is 5.75 Å². The van der Waals surface area contributed by atoms with Crippen molar-refractivity contribution < 1.29 is 14.6 Å². The smallest absolute Gasteiger partial charge is 0.220 e. The maximum atomic E-state index is 12.3. The molecule has 0 bridgehead atoms. The molecule has 1 fully saturated rings. The molecule has 2 N–H and O–H groups in total. The molecule has 0 saturated carbocycles. The zero-order chi connectivity index (χ0) is 21.7. The quantitative estimate of drug-likeness (QED) is 0.680. The van der Waals surface area contributed by atoms with Crippen molar-refractivity contribution in [3.8, 4) is 5.75 Å². The highest BCUT2D eigenvalue weighted by Crippen LogP contribution is 2.39. The minimum absolute atomic E-state index is 0.0923. The van der Waals surface area contributed by atoms with Crippen molar-refractivity contribution in [2.45, 2.75) is 71.6 Å². The van der Waals surface area contributed by atoms with Gasteiger partial charge in [-0.1, -0.05) is 53.7 Å². The lowest BCUT2D eigenvalue weighted by molar-refractivity contribution is -0.121. The Morgan fingerprint density at radius 1 is 1.07 bits per heavy atom. The summed E-state index contributed by atoms with van der Waals surface area (Å²) in [4.78, 5) is 14.7. The number of benzene rings is 1. The van der Waals surface area contributed by atoms with E-state index in [0.29, 0.717) is 25.1 Å². The van der Waals surface area contributed by atoms with Crippen LogP contribution in [0.2, 0.25) is 0 Å². The number of nitrogens with zero attached hydrogens (tertiary/aromatic N) is 1. The van der Waals surface area contributed by atoms with Crippen LogP contribution < -0.4 is 5.32 Å². The van der Waals surface area contributed by atoms with Crippen molar-refractivity contribution in [2.75, 3.05) is 39.4 Å². The van der Waals surface area contributed by atoms with E-state index >= 15 is 0 Å². The second-order valence-electron chi connectivity index (χ2n) is 10.2. The molecule has 0 aromatic heterocycles. The number of aromatic hydroxyl groups is 1. The molecule has 1 aromatic carbocycles. The molecule has 164 valence electrons. The molecule has 0 aliphatic carbocycles. The molecule has 0 unspecified atom stereocenters. The number of phenols is 1. The molecular weight excluding hydrogens is 364 g/mol.